The maximum Gasteiger partial charge on any atom is 0.124 e. The Morgan fingerprint density at radius 2 is 1.53 bits per heavy atom. The van der Waals surface area contributed by atoms with Crippen LogP contribution in [0.2, 0.25) is 0 Å². The third-order valence-electron chi connectivity index (χ3n) is 5.15. The molecule has 106 valence electrons. The molecule has 2 rings (SSSR count). The first-order chi connectivity index (χ1) is 8.79. The summed E-state index contributed by atoms with van der Waals surface area (Å²) in [5.74, 6) is 0. The van der Waals surface area contributed by atoms with Crippen molar-refractivity contribution in [2.75, 3.05) is 6.54 Å². The third kappa shape index (κ3) is 2.56. The van der Waals surface area contributed by atoms with E-state index in [1.54, 1.807) is 0 Å². The number of piperidine rings is 1. The summed E-state index contributed by atoms with van der Waals surface area (Å²) in [6.45, 7) is 9.62. The first kappa shape index (κ1) is 14.5. The molecule has 1 saturated heterocycles. The molecule has 0 spiro atoms. The van der Waals surface area contributed by atoms with Crippen LogP contribution in [0.25, 0.3) is 0 Å². The Labute approximate surface area is 117 Å². The molecule has 0 amide bonds. The van der Waals surface area contributed by atoms with Crippen LogP contribution in [-0.2, 0) is 6.42 Å². The van der Waals surface area contributed by atoms with Crippen LogP contribution in [0, 0.1) is 0 Å². The molecule has 1 aliphatic heterocycles. The van der Waals surface area contributed by atoms with Crippen molar-refractivity contribution < 1.29 is 9.85 Å². The molecule has 1 fully saturated rings. The molecule has 0 atom stereocenters. The van der Waals surface area contributed by atoms with Crippen molar-refractivity contribution in [2.24, 2.45) is 0 Å². The van der Waals surface area contributed by atoms with Gasteiger partial charge in [-0.2, -0.15) is 4.65 Å². The van der Waals surface area contributed by atoms with Crippen LogP contribution in [0.1, 0.15) is 52.5 Å². The van der Waals surface area contributed by atoms with E-state index in [0.717, 1.165) is 25.8 Å². The minimum Gasteiger partial charge on any atom is -0.216 e. The second kappa shape index (κ2) is 4.92. The van der Waals surface area contributed by atoms with E-state index in [4.69, 9.17) is 0 Å². The van der Waals surface area contributed by atoms with Gasteiger partial charge in [0.05, 0.1) is 0 Å². The largest absolute Gasteiger partial charge is 0.216 e. The zero-order valence-electron chi connectivity index (χ0n) is 12.8. The highest BCUT2D eigenvalue weighted by Crippen LogP contribution is 2.43. The Hall–Kier alpha value is -0.860. The van der Waals surface area contributed by atoms with Gasteiger partial charge in [0, 0.05) is 19.3 Å². The van der Waals surface area contributed by atoms with E-state index >= 15 is 0 Å². The Kier molecular flexibility index (Phi) is 3.76. The summed E-state index contributed by atoms with van der Waals surface area (Å²) in [6.07, 6.45) is 4.35. The fourth-order valence-corrected chi connectivity index (χ4v) is 3.68. The molecule has 19 heavy (non-hydrogen) atoms. The molecule has 1 aromatic rings. The Bertz CT molecular complexity index is 406. The molecule has 0 bridgehead atoms. The number of hydrogen-bond acceptors (Lipinski definition) is 1. The van der Waals surface area contributed by atoms with Crippen molar-refractivity contribution >= 4 is 0 Å². The number of nitrogens with zero attached hydrogens (tertiary/aromatic N) is 1. The van der Waals surface area contributed by atoms with Gasteiger partial charge in [0.1, 0.15) is 17.6 Å². The number of benzene rings is 1. The third-order valence-corrected chi connectivity index (χ3v) is 5.15. The van der Waals surface area contributed by atoms with Crippen molar-refractivity contribution in [1.82, 2.24) is 0 Å². The monoisotopic (exact) mass is 262 g/mol. The lowest BCUT2D eigenvalue weighted by molar-refractivity contribution is -1.17. The van der Waals surface area contributed by atoms with Crippen LogP contribution in [-0.4, -0.2) is 27.5 Å². The van der Waals surface area contributed by atoms with E-state index in [1.807, 2.05) is 6.07 Å². The number of hydrogen-bond donors (Lipinski definition) is 1. The maximum absolute atomic E-state index is 11.3. The van der Waals surface area contributed by atoms with Gasteiger partial charge in [0.15, 0.2) is 0 Å². The molecule has 1 heterocycles. The average Bonchev–Trinajstić information content (AvgIpc) is 2.35. The first-order valence-corrected chi connectivity index (χ1v) is 7.43. The van der Waals surface area contributed by atoms with Gasteiger partial charge in [-0.15, -0.1) is 0 Å². The number of quaternary nitrogens is 1. The summed E-state index contributed by atoms with van der Waals surface area (Å²) in [7, 11) is 0. The number of rotatable bonds is 3. The van der Waals surface area contributed by atoms with Gasteiger partial charge >= 0.3 is 0 Å². The molecule has 1 aliphatic rings. The maximum atomic E-state index is 11.3. The Morgan fingerprint density at radius 1 is 1.00 bits per heavy atom. The molecule has 0 unspecified atom stereocenters. The lowest BCUT2D eigenvalue weighted by Crippen LogP contribution is -2.72. The fourth-order valence-electron chi connectivity index (χ4n) is 3.68. The highest BCUT2D eigenvalue weighted by Gasteiger charge is 2.56. The van der Waals surface area contributed by atoms with Gasteiger partial charge in [0.2, 0.25) is 0 Å². The fraction of sp³-hybridized carbons (Fsp3) is 0.647. The van der Waals surface area contributed by atoms with Crippen LogP contribution >= 0.6 is 0 Å². The van der Waals surface area contributed by atoms with Crippen molar-refractivity contribution in [3.05, 3.63) is 35.9 Å². The Morgan fingerprint density at radius 3 is 2.05 bits per heavy atom. The number of hydroxylamine groups is 3. The number of likely N-dealkylation sites (tertiary alicyclic amines) is 1. The molecule has 0 saturated carbocycles. The lowest BCUT2D eigenvalue weighted by Gasteiger charge is -2.56. The molecule has 0 aromatic heterocycles. The molecular formula is C17H28NO+. The second-order valence-corrected chi connectivity index (χ2v) is 7.21. The molecule has 0 radical (unpaired) electrons. The Balaban J connectivity index is 2.18. The van der Waals surface area contributed by atoms with Gasteiger partial charge < -0.3 is 0 Å². The molecule has 0 aliphatic carbocycles. The second-order valence-electron chi connectivity index (χ2n) is 7.21. The van der Waals surface area contributed by atoms with Crippen LogP contribution in [0.3, 0.4) is 0 Å². The molecule has 2 nitrogen and oxygen atoms in total. The molecule has 2 heteroatoms. The summed E-state index contributed by atoms with van der Waals surface area (Å²) in [5, 5.41) is 11.3. The molecule has 1 N–H and O–H groups in total. The minimum atomic E-state index is -0.0590. The van der Waals surface area contributed by atoms with E-state index in [2.05, 4.69) is 52.0 Å². The zero-order valence-corrected chi connectivity index (χ0v) is 12.8. The average molecular weight is 262 g/mol. The van der Waals surface area contributed by atoms with E-state index < -0.39 is 0 Å². The molecular weight excluding hydrogens is 234 g/mol. The van der Waals surface area contributed by atoms with Gasteiger partial charge in [-0.3, -0.25) is 0 Å². The van der Waals surface area contributed by atoms with E-state index in [0.29, 0.717) is 0 Å². The van der Waals surface area contributed by atoms with Gasteiger partial charge in [0.25, 0.3) is 0 Å². The normalized spacial score (nSPS) is 24.1. The smallest absolute Gasteiger partial charge is 0.124 e. The summed E-state index contributed by atoms with van der Waals surface area (Å²) in [4.78, 5) is 0. The van der Waals surface area contributed by atoms with E-state index in [1.165, 1.54) is 12.0 Å². The van der Waals surface area contributed by atoms with Gasteiger partial charge in [-0.25, -0.2) is 5.21 Å². The van der Waals surface area contributed by atoms with Crippen LogP contribution in [0.5, 0.6) is 0 Å². The predicted molar refractivity (Wildman–Crippen MR) is 79.1 cm³/mol. The van der Waals surface area contributed by atoms with Crippen molar-refractivity contribution in [1.29, 1.82) is 0 Å². The van der Waals surface area contributed by atoms with Crippen LogP contribution < -0.4 is 0 Å². The standard InChI is InChI=1S/C17H28NO/c1-16(2)12-8-13-17(3,4)18(16,19)14-11-15-9-6-5-7-10-15/h5-7,9-10,19H,8,11-14H2,1-4H3/q+1. The minimum absolute atomic E-state index is 0.0590. The van der Waals surface area contributed by atoms with Gasteiger partial charge in [-0.05, 0) is 39.7 Å². The van der Waals surface area contributed by atoms with Crippen molar-refractivity contribution in [3.63, 3.8) is 0 Å². The highest BCUT2D eigenvalue weighted by molar-refractivity contribution is 5.14. The lowest BCUT2D eigenvalue weighted by atomic mass is 9.78. The zero-order chi connectivity index (χ0) is 14.1. The van der Waals surface area contributed by atoms with Gasteiger partial charge in [-0.1, -0.05) is 30.3 Å². The SMILES string of the molecule is CC1(C)CCCC(C)(C)[N+]1(O)CCc1ccccc1. The van der Waals surface area contributed by atoms with E-state index in [-0.39, 0.29) is 15.7 Å². The summed E-state index contributed by atoms with van der Waals surface area (Å²) in [6, 6.07) is 10.5. The predicted octanol–water partition coefficient (Wildman–Crippen LogP) is 4.18. The topological polar surface area (TPSA) is 20.2 Å². The highest BCUT2D eigenvalue weighted by atomic mass is 16.6. The van der Waals surface area contributed by atoms with Crippen molar-refractivity contribution in [3.8, 4) is 0 Å². The van der Waals surface area contributed by atoms with Crippen molar-refractivity contribution in [2.45, 2.75) is 64.5 Å². The van der Waals surface area contributed by atoms with Crippen LogP contribution in [0.15, 0.2) is 30.3 Å². The molecule has 1 aromatic carbocycles. The first-order valence-electron chi connectivity index (χ1n) is 7.43. The van der Waals surface area contributed by atoms with Crippen LogP contribution in [0.4, 0.5) is 0 Å². The van der Waals surface area contributed by atoms with E-state index in [9.17, 15) is 5.21 Å². The quantitative estimate of drug-likeness (QED) is 0.810. The summed E-state index contributed by atoms with van der Waals surface area (Å²) >= 11 is 0. The summed E-state index contributed by atoms with van der Waals surface area (Å²) in [5.41, 5.74) is 1.19. The summed E-state index contributed by atoms with van der Waals surface area (Å²) < 4.78 is 0.189.